The molecule has 3 rings (SSSR count). The summed E-state index contributed by atoms with van der Waals surface area (Å²) in [7, 11) is -3.65. The number of nitrogens with zero attached hydrogens (tertiary/aromatic N) is 1. The highest BCUT2D eigenvalue weighted by atomic mass is 32.2. The molecule has 2 unspecified atom stereocenters. The van der Waals surface area contributed by atoms with Crippen molar-refractivity contribution in [2.45, 2.75) is 30.2 Å². The van der Waals surface area contributed by atoms with Gasteiger partial charge in [-0.15, -0.1) is 0 Å². The first-order chi connectivity index (χ1) is 8.50. The quantitative estimate of drug-likeness (QED) is 0.830. The summed E-state index contributed by atoms with van der Waals surface area (Å²) in [5, 5.41) is 0. The van der Waals surface area contributed by atoms with Crippen molar-refractivity contribution in [1.82, 2.24) is 4.31 Å². The minimum Gasteiger partial charge on any atom is -0.395 e. The van der Waals surface area contributed by atoms with E-state index in [0.717, 1.165) is 19.3 Å². The minimum absolute atomic E-state index is 0.0719. The zero-order chi connectivity index (χ0) is 12.9. The fourth-order valence-electron chi connectivity index (χ4n) is 3.04. The van der Waals surface area contributed by atoms with Crippen molar-refractivity contribution in [2.75, 3.05) is 12.3 Å². The van der Waals surface area contributed by atoms with Gasteiger partial charge in [0, 0.05) is 12.6 Å². The van der Waals surface area contributed by atoms with E-state index < -0.39 is 15.8 Å². The molecular weight excluding hydrogens is 255 g/mol. The number of hydrogen-bond acceptors (Lipinski definition) is 3. The van der Waals surface area contributed by atoms with E-state index in [9.17, 15) is 12.8 Å². The third-order valence-electron chi connectivity index (χ3n) is 3.96. The largest absolute Gasteiger partial charge is 0.395 e. The normalized spacial score (nSPS) is 27.8. The summed E-state index contributed by atoms with van der Waals surface area (Å²) in [6, 6.07) is 4.00. The average Bonchev–Trinajstić information content (AvgIpc) is 2.94. The minimum atomic E-state index is -3.65. The molecule has 1 aromatic carbocycles. The maximum atomic E-state index is 13.4. The Balaban J connectivity index is 2.02. The molecule has 0 radical (unpaired) electrons. The van der Waals surface area contributed by atoms with Crippen LogP contribution in [0.1, 0.15) is 19.3 Å². The van der Waals surface area contributed by atoms with Crippen LogP contribution in [-0.2, 0) is 10.0 Å². The van der Waals surface area contributed by atoms with Gasteiger partial charge < -0.3 is 5.73 Å². The molecule has 0 amide bonds. The molecule has 1 aromatic rings. The number of piperidine rings is 1. The van der Waals surface area contributed by atoms with Gasteiger partial charge in [-0.1, -0.05) is 6.07 Å². The van der Waals surface area contributed by atoms with E-state index in [1.807, 2.05) is 0 Å². The van der Waals surface area contributed by atoms with E-state index >= 15 is 0 Å². The lowest BCUT2D eigenvalue weighted by atomic mass is 10.1. The van der Waals surface area contributed by atoms with Crippen LogP contribution in [0, 0.1) is 11.7 Å². The lowest BCUT2D eigenvalue weighted by Crippen LogP contribution is -2.38. The molecular formula is C12H15FN2O2S. The van der Waals surface area contributed by atoms with Crippen molar-refractivity contribution in [3.8, 4) is 0 Å². The van der Waals surface area contributed by atoms with Gasteiger partial charge in [-0.05, 0) is 37.3 Å². The van der Waals surface area contributed by atoms with Crippen LogP contribution in [0.2, 0.25) is 0 Å². The smallest absolute Gasteiger partial charge is 0.245 e. The monoisotopic (exact) mass is 270 g/mol. The van der Waals surface area contributed by atoms with Gasteiger partial charge in [-0.2, -0.15) is 4.31 Å². The number of halogens is 1. The van der Waals surface area contributed by atoms with E-state index in [-0.39, 0.29) is 16.6 Å². The molecule has 2 N–H and O–H groups in total. The Labute approximate surface area is 106 Å². The molecule has 2 aliphatic rings. The van der Waals surface area contributed by atoms with Crippen molar-refractivity contribution < 1.29 is 12.8 Å². The van der Waals surface area contributed by atoms with Crippen LogP contribution in [0.5, 0.6) is 0 Å². The first-order valence-electron chi connectivity index (χ1n) is 6.06. The van der Waals surface area contributed by atoms with E-state index in [2.05, 4.69) is 0 Å². The molecule has 1 saturated carbocycles. The third kappa shape index (κ3) is 1.63. The van der Waals surface area contributed by atoms with Crippen LogP contribution >= 0.6 is 0 Å². The van der Waals surface area contributed by atoms with Crippen molar-refractivity contribution >= 4 is 15.7 Å². The van der Waals surface area contributed by atoms with E-state index in [1.54, 1.807) is 0 Å². The number of sulfonamides is 1. The Morgan fingerprint density at radius 2 is 2.11 bits per heavy atom. The standard InChI is InChI=1S/C12H15FN2O2S/c13-10-2-1-3-11(12(10)14)18(16,17)15-7-8-4-5-9(15)6-8/h1-3,8-9H,4-7,14H2. The lowest BCUT2D eigenvalue weighted by molar-refractivity contribution is 0.333. The van der Waals surface area contributed by atoms with Crippen molar-refractivity contribution in [3.05, 3.63) is 24.0 Å². The predicted octanol–water partition coefficient (Wildman–Crippen LogP) is 1.58. The molecule has 98 valence electrons. The van der Waals surface area contributed by atoms with E-state index in [4.69, 9.17) is 5.73 Å². The molecule has 1 aliphatic carbocycles. The van der Waals surface area contributed by atoms with Crippen LogP contribution in [0.4, 0.5) is 10.1 Å². The fourth-order valence-corrected chi connectivity index (χ4v) is 4.91. The zero-order valence-corrected chi connectivity index (χ0v) is 10.7. The van der Waals surface area contributed by atoms with Gasteiger partial charge in [0.05, 0.1) is 5.69 Å². The number of anilines is 1. The van der Waals surface area contributed by atoms with Gasteiger partial charge >= 0.3 is 0 Å². The van der Waals surface area contributed by atoms with Gasteiger partial charge in [-0.25, -0.2) is 12.8 Å². The first kappa shape index (κ1) is 11.9. The van der Waals surface area contributed by atoms with Crippen LogP contribution in [0.25, 0.3) is 0 Å². The molecule has 0 aromatic heterocycles. The topological polar surface area (TPSA) is 63.4 Å². The Bertz CT molecular complexity index is 588. The molecule has 2 atom stereocenters. The molecule has 6 heteroatoms. The van der Waals surface area contributed by atoms with Gasteiger partial charge in [0.25, 0.3) is 0 Å². The number of benzene rings is 1. The number of nitrogen functional groups attached to an aromatic ring is 1. The third-order valence-corrected chi connectivity index (χ3v) is 5.93. The summed E-state index contributed by atoms with van der Waals surface area (Å²) in [6.07, 6.45) is 2.92. The summed E-state index contributed by atoms with van der Waals surface area (Å²) in [5.41, 5.74) is 5.28. The van der Waals surface area contributed by atoms with Crippen LogP contribution in [0.15, 0.2) is 23.1 Å². The maximum absolute atomic E-state index is 13.4. The highest BCUT2D eigenvalue weighted by Crippen LogP contribution is 2.41. The van der Waals surface area contributed by atoms with Gasteiger partial charge in [0.15, 0.2) is 0 Å². The molecule has 2 bridgehead atoms. The Morgan fingerprint density at radius 3 is 2.72 bits per heavy atom. The number of fused-ring (bicyclic) bond motifs is 2. The summed E-state index contributed by atoms with van der Waals surface area (Å²) >= 11 is 0. The van der Waals surface area contributed by atoms with Gasteiger partial charge in [-0.3, -0.25) is 0 Å². The summed E-state index contributed by atoms with van der Waals surface area (Å²) in [5.74, 6) is -0.222. The fraction of sp³-hybridized carbons (Fsp3) is 0.500. The van der Waals surface area contributed by atoms with Gasteiger partial charge in [0.2, 0.25) is 10.0 Å². The van der Waals surface area contributed by atoms with E-state index in [0.29, 0.717) is 12.5 Å². The Hall–Kier alpha value is -1.14. The second-order valence-corrected chi connectivity index (χ2v) is 6.92. The average molecular weight is 270 g/mol. The molecule has 2 fully saturated rings. The Kier molecular flexibility index (Phi) is 2.60. The SMILES string of the molecule is Nc1c(F)cccc1S(=O)(=O)N1CC2CCC1C2. The summed E-state index contributed by atoms with van der Waals surface area (Å²) in [4.78, 5) is -0.102. The molecule has 1 heterocycles. The second-order valence-electron chi connectivity index (χ2n) is 5.06. The molecule has 1 aliphatic heterocycles. The summed E-state index contributed by atoms with van der Waals surface area (Å²) in [6.45, 7) is 0.545. The zero-order valence-electron chi connectivity index (χ0n) is 9.84. The van der Waals surface area contributed by atoms with E-state index in [1.165, 1.54) is 22.5 Å². The molecule has 4 nitrogen and oxygen atoms in total. The molecule has 1 saturated heterocycles. The van der Waals surface area contributed by atoms with Crippen LogP contribution in [0.3, 0.4) is 0 Å². The van der Waals surface area contributed by atoms with Crippen molar-refractivity contribution in [2.24, 2.45) is 5.92 Å². The number of nitrogens with two attached hydrogens (primary N) is 1. The lowest BCUT2D eigenvalue weighted by Gasteiger charge is -2.26. The van der Waals surface area contributed by atoms with Crippen LogP contribution in [-0.4, -0.2) is 25.3 Å². The molecule has 18 heavy (non-hydrogen) atoms. The number of rotatable bonds is 2. The number of hydrogen-bond donors (Lipinski definition) is 1. The van der Waals surface area contributed by atoms with Crippen LogP contribution < -0.4 is 5.73 Å². The molecule has 0 spiro atoms. The highest BCUT2D eigenvalue weighted by Gasteiger charge is 2.44. The number of para-hydroxylation sites is 1. The second kappa shape index (κ2) is 3.93. The van der Waals surface area contributed by atoms with Gasteiger partial charge in [0.1, 0.15) is 10.7 Å². The Morgan fingerprint density at radius 1 is 1.33 bits per heavy atom. The maximum Gasteiger partial charge on any atom is 0.245 e. The predicted molar refractivity (Wildman–Crippen MR) is 65.8 cm³/mol. The highest BCUT2D eigenvalue weighted by molar-refractivity contribution is 7.89. The van der Waals surface area contributed by atoms with Crippen molar-refractivity contribution in [1.29, 1.82) is 0 Å². The first-order valence-corrected chi connectivity index (χ1v) is 7.50. The summed E-state index contributed by atoms with van der Waals surface area (Å²) < 4.78 is 39.8. The van der Waals surface area contributed by atoms with Crippen molar-refractivity contribution in [3.63, 3.8) is 0 Å².